The van der Waals surface area contributed by atoms with Gasteiger partial charge in [0.05, 0.1) is 10.7 Å². The highest BCUT2D eigenvalue weighted by molar-refractivity contribution is 7.21. The van der Waals surface area contributed by atoms with Crippen LogP contribution in [0.1, 0.15) is 15.4 Å². The predicted molar refractivity (Wildman–Crippen MR) is 81.6 cm³/mol. The fraction of sp³-hybridized carbons (Fsp3) is 0.0769. The number of nitrogens with zero attached hydrogens (tertiary/aromatic N) is 1. The molecule has 0 spiro atoms. The third-order valence-electron chi connectivity index (χ3n) is 2.61. The molecule has 0 aliphatic heterocycles. The second-order valence-electron chi connectivity index (χ2n) is 4.03. The highest BCUT2D eigenvalue weighted by atomic mass is 35.5. The Morgan fingerprint density at radius 3 is 2.84 bits per heavy atom. The molecule has 0 unspecified atom stereocenters. The zero-order valence-corrected chi connectivity index (χ0v) is 12.3. The van der Waals surface area contributed by atoms with Crippen LogP contribution in [0.2, 0.25) is 5.02 Å². The lowest BCUT2D eigenvalue weighted by atomic mass is 10.2. The van der Waals surface area contributed by atoms with E-state index in [1.54, 1.807) is 0 Å². The van der Waals surface area contributed by atoms with Crippen LogP contribution >= 0.6 is 34.5 Å². The van der Waals surface area contributed by atoms with Gasteiger partial charge < -0.3 is 5.32 Å². The molecular weight excluding hydrogens is 300 g/mol. The highest BCUT2D eigenvalue weighted by Crippen LogP contribution is 2.35. The lowest BCUT2D eigenvalue weighted by molar-refractivity contribution is 0.103. The Morgan fingerprint density at radius 2 is 2.16 bits per heavy atom. The number of anilines is 1. The van der Waals surface area contributed by atoms with E-state index in [9.17, 15) is 4.79 Å². The zero-order valence-electron chi connectivity index (χ0n) is 9.94. The molecular formula is C13H9ClN2OS2. The fourth-order valence-electron chi connectivity index (χ4n) is 1.75. The van der Waals surface area contributed by atoms with E-state index in [1.807, 2.05) is 37.3 Å². The van der Waals surface area contributed by atoms with Crippen LogP contribution in [-0.2, 0) is 0 Å². The molecule has 1 amide bonds. The standard InChI is InChI=1S/C13H9ClN2OS2/c1-7-6-10(19-16-7)15-13(17)12-11(14)8-4-2-3-5-9(8)18-12/h2-6H,1H3,(H,15,17). The number of hydrogen-bond acceptors (Lipinski definition) is 4. The number of rotatable bonds is 2. The number of fused-ring (bicyclic) bond motifs is 1. The average molecular weight is 309 g/mol. The van der Waals surface area contributed by atoms with Gasteiger partial charge in [-0.3, -0.25) is 4.79 Å². The maximum atomic E-state index is 12.2. The molecule has 3 nitrogen and oxygen atoms in total. The van der Waals surface area contributed by atoms with E-state index in [4.69, 9.17) is 11.6 Å². The van der Waals surface area contributed by atoms with Crippen LogP contribution in [-0.4, -0.2) is 10.3 Å². The quantitative estimate of drug-likeness (QED) is 0.753. The number of aromatic nitrogens is 1. The number of nitrogens with one attached hydrogen (secondary N) is 1. The van der Waals surface area contributed by atoms with E-state index in [0.717, 1.165) is 20.8 Å². The fourth-order valence-corrected chi connectivity index (χ4v) is 3.82. The first kappa shape index (κ1) is 12.6. The lowest BCUT2D eigenvalue weighted by Gasteiger charge is -1.99. The normalized spacial score (nSPS) is 10.8. The summed E-state index contributed by atoms with van der Waals surface area (Å²) < 4.78 is 5.14. The second kappa shape index (κ2) is 4.92. The van der Waals surface area contributed by atoms with Crippen molar-refractivity contribution in [1.29, 1.82) is 0 Å². The van der Waals surface area contributed by atoms with Gasteiger partial charge in [0, 0.05) is 10.1 Å². The number of thiophene rings is 1. The molecule has 3 aromatic rings. The van der Waals surface area contributed by atoms with Gasteiger partial charge in [-0.25, -0.2) is 0 Å². The number of amides is 1. The summed E-state index contributed by atoms with van der Waals surface area (Å²) in [6.07, 6.45) is 0. The summed E-state index contributed by atoms with van der Waals surface area (Å²) in [7, 11) is 0. The molecule has 0 bridgehead atoms. The molecule has 6 heteroatoms. The SMILES string of the molecule is Cc1cc(NC(=O)c2sc3ccccc3c2Cl)sn1. The van der Waals surface area contributed by atoms with Crippen LogP contribution in [0.5, 0.6) is 0 Å². The molecule has 0 saturated heterocycles. The summed E-state index contributed by atoms with van der Waals surface area (Å²) in [6, 6.07) is 9.56. The first-order valence-electron chi connectivity index (χ1n) is 5.57. The summed E-state index contributed by atoms with van der Waals surface area (Å²) in [5, 5.41) is 4.99. The number of hydrogen-bond donors (Lipinski definition) is 1. The van der Waals surface area contributed by atoms with Gasteiger partial charge in [-0.05, 0) is 30.6 Å². The summed E-state index contributed by atoms with van der Waals surface area (Å²) in [5.74, 6) is -0.185. The molecule has 0 atom stereocenters. The molecule has 19 heavy (non-hydrogen) atoms. The Balaban J connectivity index is 1.95. The number of aryl methyl sites for hydroxylation is 1. The highest BCUT2D eigenvalue weighted by Gasteiger charge is 2.17. The minimum atomic E-state index is -0.185. The van der Waals surface area contributed by atoms with Gasteiger partial charge in [0.2, 0.25) is 0 Å². The van der Waals surface area contributed by atoms with E-state index < -0.39 is 0 Å². The number of halogens is 1. The van der Waals surface area contributed by atoms with Crippen LogP contribution in [0, 0.1) is 6.92 Å². The van der Waals surface area contributed by atoms with E-state index in [1.165, 1.54) is 22.9 Å². The van der Waals surface area contributed by atoms with Gasteiger partial charge >= 0.3 is 0 Å². The molecule has 2 heterocycles. The van der Waals surface area contributed by atoms with Crippen LogP contribution in [0.3, 0.4) is 0 Å². The van der Waals surface area contributed by atoms with Crippen LogP contribution in [0.25, 0.3) is 10.1 Å². The van der Waals surface area contributed by atoms with Gasteiger partial charge in [-0.2, -0.15) is 4.37 Å². The maximum absolute atomic E-state index is 12.2. The predicted octanol–water partition coefficient (Wildman–Crippen LogP) is 4.57. The van der Waals surface area contributed by atoms with Crippen molar-refractivity contribution >= 4 is 55.5 Å². The minimum Gasteiger partial charge on any atom is -0.312 e. The first-order valence-corrected chi connectivity index (χ1v) is 7.53. The number of benzene rings is 1. The molecule has 0 aliphatic rings. The minimum absolute atomic E-state index is 0.185. The molecule has 3 rings (SSSR count). The monoisotopic (exact) mass is 308 g/mol. The van der Waals surface area contributed by atoms with E-state index >= 15 is 0 Å². The van der Waals surface area contributed by atoms with Crippen molar-refractivity contribution in [3.8, 4) is 0 Å². The van der Waals surface area contributed by atoms with Crippen molar-refractivity contribution in [2.45, 2.75) is 6.92 Å². The zero-order chi connectivity index (χ0) is 13.4. The van der Waals surface area contributed by atoms with Crippen molar-refractivity contribution < 1.29 is 4.79 Å². The third kappa shape index (κ3) is 2.36. The first-order chi connectivity index (χ1) is 9.15. The van der Waals surface area contributed by atoms with E-state index in [0.29, 0.717) is 9.90 Å². The largest absolute Gasteiger partial charge is 0.312 e. The van der Waals surface area contributed by atoms with E-state index in [2.05, 4.69) is 9.69 Å². The summed E-state index contributed by atoms with van der Waals surface area (Å²) in [6.45, 7) is 1.89. The van der Waals surface area contributed by atoms with Gasteiger partial charge in [-0.1, -0.05) is 29.8 Å². The van der Waals surface area contributed by atoms with Crippen molar-refractivity contribution in [3.63, 3.8) is 0 Å². The summed E-state index contributed by atoms with van der Waals surface area (Å²) >= 11 is 8.92. The molecule has 0 aliphatic carbocycles. The Bertz CT molecular complexity index is 763. The van der Waals surface area contributed by atoms with Crippen LogP contribution in [0.4, 0.5) is 5.00 Å². The second-order valence-corrected chi connectivity index (χ2v) is 6.26. The topological polar surface area (TPSA) is 42.0 Å². The average Bonchev–Trinajstić information content (AvgIpc) is 2.94. The Hall–Kier alpha value is -1.43. The summed E-state index contributed by atoms with van der Waals surface area (Å²) in [4.78, 5) is 12.7. The van der Waals surface area contributed by atoms with Crippen molar-refractivity contribution in [3.05, 3.63) is 45.9 Å². The number of carbonyl (C=O) groups is 1. The molecule has 0 saturated carbocycles. The lowest BCUT2D eigenvalue weighted by Crippen LogP contribution is -2.09. The Labute approximate surface area is 123 Å². The van der Waals surface area contributed by atoms with Gasteiger partial charge in [0.25, 0.3) is 5.91 Å². The Kier molecular flexibility index (Phi) is 3.26. The van der Waals surface area contributed by atoms with Gasteiger partial charge in [0.15, 0.2) is 0 Å². The third-order valence-corrected chi connectivity index (χ3v) is 5.08. The molecule has 1 aromatic carbocycles. The van der Waals surface area contributed by atoms with Gasteiger partial charge in [-0.15, -0.1) is 11.3 Å². The molecule has 0 radical (unpaired) electrons. The van der Waals surface area contributed by atoms with Crippen LogP contribution in [0.15, 0.2) is 30.3 Å². The van der Waals surface area contributed by atoms with Gasteiger partial charge in [0.1, 0.15) is 9.88 Å². The van der Waals surface area contributed by atoms with Crippen LogP contribution < -0.4 is 5.32 Å². The van der Waals surface area contributed by atoms with Crippen molar-refractivity contribution in [2.24, 2.45) is 0 Å². The molecule has 0 fully saturated rings. The number of carbonyl (C=O) groups excluding carboxylic acids is 1. The molecule has 1 N–H and O–H groups in total. The Morgan fingerprint density at radius 1 is 1.37 bits per heavy atom. The molecule has 96 valence electrons. The molecule has 2 aromatic heterocycles. The van der Waals surface area contributed by atoms with E-state index in [-0.39, 0.29) is 5.91 Å². The maximum Gasteiger partial charge on any atom is 0.267 e. The van der Waals surface area contributed by atoms with Crippen molar-refractivity contribution in [1.82, 2.24) is 4.37 Å². The summed E-state index contributed by atoms with van der Waals surface area (Å²) in [5.41, 5.74) is 0.891. The van der Waals surface area contributed by atoms with Crippen molar-refractivity contribution in [2.75, 3.05) is 5.32 Å². The smallest absolute Gasteiger partial charge is 0.267 e.